The number of hydrogen-bond acceptors (Lipinski definition) is 6. The van der Waals surface area contributed by atoms with Crippen molar-refractivity contribution < 1.29 is 4.79 Å². The lowest BCUT2D eigenvalue weighted by Gasteiger charge is -2.34. The Kier molecular flexibility index (Phi) is 10.4. The van der Waals surface area contributed by atoms with Gasteiger partial charge in [-0.25, -0.2) is 0 Å². The van der Waals surface area contributed by atoms with Crippen LogP contribution in [0.25, 0.3) is 11.3 Å². The molecule has 1 amide bonds. The molecule has 1 unspecified atom stereocenters. The third kappa shape index (κ3) is 7.53. The van der Waals surface area contributed by atoms with E-state index in [1.54, 1.807) is 12.4 Å². The molecule has 0 radical (unpaired) electrons. The fraction of sp³-hybridized carbons (Fsp3) is 0.484. The van der Waals surface area contributed by atoms with Crippen molar-refractivity contribution in [3.05, 3.63) is 74.6 Å². The van der Waals surface area contributed by atoms with Gasteiger partial charge in [-0.15, -0.1) is 0 Å². The number of nitrogens with one attached hydrogen (secondary N) is 2. The van der Waals surface area contributed by atoms with Crippen molar-refractivity contribution in [3.63, 3.8) is 0 Å². The van der Waals surface area contributed by atoms with E-state index in [1.807, 2.05) is 39.8 Å². The smallest absolute Gasteiger partial charge is 0.253 e. The first-order chi connectivity index (χ1) is 18.5. The van der Waals surface area contributed by atoms with Gasteiger partial charge in [-0.2, -0.15) is 0 Å². The molecule has 0 fully saturated rings. The van der Waals surface area contributed by atoms with E-state index in [1.165, 1.54) is 0 Å². The molecule has 2 N–H and O–H groups in total. The first kappa shape index (κ1) is 30.0. The monoisotopic (exact) mass is 532 g/mol. The summed E-state index contributed by atoms with van der Waals surface area (Å²) in [6.07, 6.45) is 6.67. The molecule has 0 bridgehead atoms. The van der Waals surface area contributed by atoms with Crippen molar-refractivity contribution in [2.75, 3.05) is 32.1 Å². The highest BCUT2D eigenvalue weighted by atomic mass is 16.1. The molecule has 3 rings (SSSR count). The van der Waals surface area contributed by atoms with Crippen LogP contribution in [-0.4, -0.2) is 59.0 Å². The average Bonchev–Trinajstić information content (AvgIpc) is 2.88. The molecule has 1 atom stereocenters. The van der Waals surface area contributed by atoms with Crippen molar-refractivity contribution in [1.29, 1.82) is 0 Å². The first-order valence-corrected chi connectivity index (χ1v) is 13.9. The number of anilines is 1. The number of aromatic amines is 1. The summed E-state index contributed by atoms with van der Waals surface area (Å²) >= 11 is 0. The molecule has 0 spiro atoms. The molecular weight excluding hydrogens is 488 g/mol. The second kappa shape index (κ2) is 13.5. The summed E-state index contributed by atoms with van der Waals surface area (Å²) < 4.78 is 0. The third-order valence-corrected chi connectivity index (χ3v) is 7.33. The molecule has 2 heterocycles. The number of benzene rings is 1. The quantitative estimate of drug-likeness (QED) is 0.343. The largest absolute Gasteiger partial charge is 0.369 e. The van der Waals surface area contributed by atoms with Crippen molar-refractivity contribution in [2.24, 2.45) is 0 Å². The fourth-order valence-corrected chi connectivity index (χ4v) is 5.14. The van der Waals surface area contributed by atoms with Crippen LogP contribution in [0.4, 0.5) is 5.69 Å². The summed E-state index contributed by atoms with van der Waals surface area (Å²) in [4.78, 5) is 42.7. The highest BCUT2D eigenvalue weighted by Gasteiger charge is 2.23. The van der Waals surface area contributed by atoms with Crippen LogP contribution in [0.5, 0.6) is 0 Å². The number of H-pyrrole nitrogens is 1. The molecule has 2 aromatic heterocycles. The zero-order chi connectivity index (χ0) is 28.7. The van der Waals surface area contributed by atoms with E-state index in [-0.39, 0.29) is 18.0 Å². The van der Waals surface area contributed by atoms with E-state index >= 15 is 0 Å². The van der Waals surface area contributed by atoms with Crippen molar-refractivity contribution in [1.82, 2.24) is 25.2 Å². The highest BCUT2D eigenvalue weighted by molar-refractivity contribution is 5.98. The molecule has 0 aliphatic rings. The lowest BCUT2D eigenvalue weighted by molar-refractivity contribution is 0.0950. The number of nitrogens with zero attached hydrogens (tertiary/aromatic N) is 4. The lowest BCUT2D eigenvalue weighted by atomic mass is 9.97. The molecule has 0 saturated heterocycles. The molecule has 1 aromatic carbocycles. The van der Waals surface area contributed by atoms with Crippen molar-refractivity contribution >= 4 is 11.6 Å². The summed E-state index contributed by atoms with van der Waals surface area (Å²) in [6, 6.07) is 6.29. The Hall–Kier alpha value is -3.52. The number of aromatic nitrogens is 3. The summed E-state index contributed by atoms with van der Waals surface area (Å²) in [5.41, 5.74) is 6.98. The zero-order valence-electron chi connectivity index (χ0n) is 24.8. The standard InChI is InChI=1S/C31H44N6O2/c1-9-25(12-11-13-36(7)8)37(10-2)29-16-24(28-19-32-22(5)17-33-28)15-26(23(29)6)30(38)34-18-27-20(3)14-21(4)35-31(27)39/h14-17,19,25H,9-13,18H2,1-8H3,(H,34,38)(H,35,39). The van der Waals surface area contributed by atoms with Crippen molar-refractivity contribution in [3.8, 4) is 11.3 Å². The third-order valence-electron chi connectivity index (χ3n) is 7.33. The van der Waals surface area contributed by atoms with Crippen LogP contribution in [0.2, 0.25) is 0 Å². The Morgan fingerprint density at radius 1 is 1.05 bits per heavy atom. The number of carbonyl (C=O) groups is 1. The maximum atomic E-state index is 13.6. The Morgan fingerprint density at radius 2 is 1.79 bits per heavy atom. The predicted octanol–water partition coefficient (Wildman–Crippen LogP) is 4.94. The van der Waals surface area contributed by atoms with Gasteiger partial charge in [0.1, 0.15) is 0 Å². The number of rotatable bonds is 12. The van der Waals surface area contributed by atoms with Gasteiger partial charge in [-0.3, -0.25) is 19.6 Å². The molecule has 8 nitrogen and oxygen atoms in total. The highest BCUT2D eigenvalue weighted by Crippen LogP contribution is 2.33. The summed E-state index contributed by atoms with van der Waals surface area (Å²) in [6.45, 7) is 14.1. The van der Waals surface area contributed by atoms with Crippen LogP contribution in [0.1, 0.15) is 71.5 Å². The van der Waals surface area contributed by atoms with Gasteiger partial charge in [-0.05, 0) is 104 Å². The molecule has 0 saturated carbocycles. The van der Waals surface area contributed by atoms with Crippen LogP contribution in [0, 0.1) is 27.7 Å². The van der Waals surface area contributed by atoms with E-state index in [0.29, 0.717) is 17.2 Å². The van der Waals surface area contributed by atoms with E-state index in [0.717, 1.165) is 71.8 Å². The molecule has 210 valence electrons. The van der Waals surface area contributed by atoms with Crippen LogP contribution >= 0.6 is 0 Å². The van der Waals surface area contributed by atoms with Crippen LogP contribution in [0.3, 0.4) is 0 Å². The van der Waals surface area contributed by atoms with Gasteiger partial charge in [-0.1, -0.05) is 6.92 Å². The van der Waals surface area contributed by atoms with Gasteiger partial charge < -0.3 is 20.1 Å². The summed E-state index contributed by atoms with van der Waals surface area (Å²) in [5, 5.41) is 3.00. The number of pyridine rings is 1. The molecule has 39 heavy (non-hydrogen) atoms. The molecule has 0 aliphatic carbocycles. The van der Waals surface area contributed by atoms with Gasteiger partial charge in [0.05, 0.1) is 17.6 Å². The maximum absolute atomic E-state index is 13.6. The molecule has 3 aromatic rings. The van der Waals surface area contributed by atoms with Gasteiger partial charge in [0, 0.05) is 53.4 Å². The Bertz CT molecular complexity index is 1330. The normalized spacial score (nSPS) is 12.0. The van der Waals surface area contributed by atoms with Gasteiger partial charge in [0.25, 0.3) is 11.5 Å². The van der Waals surface area contributed by atoms with E-state index in [2.05, 4.69) is 64.1 Å². The van der Waals surface area contributed by atoms with Crippen LogP contribution < -0.4 is 15.8 Å². The summed E-state index contributed by atoms with van der Waals surface area (Å²) in [7, 11) is 4.21. The Labute approximate surface area is 232 Å². The lowest BCUT2D eigenvalue weighted by Crippen LogP contribution is -2.36. The van der Waals surface area contributed by atoms with E-state index in [4.69, 9.17) is 0 Å². The van der Waals surface area contributed by atoms with Crippen LogP contribution in [0.15, 0.2) is 35.4 Å². The second-order valence-electron chi connectivity index (χ2n) is 10.6. The molecule has 0 aliphatic heterocycles. The average molecular weight is 533 g/mol. The predicted molar refractivity (Wildman–Crippen MR) is 160 cm³/mol. The van der Waals surface area contributed by atoms with Gasteiger partial charge in [0.2, 0.25) is 0 Å². The van der Waals surface area contributed by atoms with Crippen molar-refractivity contribution in [2.45, 2.75) is 73.4 Å². The topological polar surface area (TPSA) is 94.2 Å². The van der Waals surface area contributed by atoms with Crippen LogP contribution in [-0.2, 0) is 6.54 Å². The molecular formula is C31H44N6O2. The SMILES string of the molecule is CCC(CCCN(C)C)N(CC)c1cc(-c2cnc(C)cn2)cc(C(=O)NCc2c(C)cc(C)[nH]c2=O)c1C. The minimum Gasteiger partial charge on any atom is -0.369 e. The minimum absolute atomic E-state index is 0.156. The number of hydrogen-bond donors (Lipinski definition) is 2. The summed E-state index contributed by atoms with van der Waals surface area (Å²) in [5.74, 6) is -0.216. The first-order valence-electron chi connectivity index (χ1n) is 13.9. The van der Waals surface area contributed by atoms with E-state index < -0.39 is 0 Å². The fourth-order valence-electron chi connectivity index (χ4n) is 5.14. The Balaban J connectivity index is 2.03. The number of amides is 1. The Morgan fingerprint density at radius 3 is 2.38 bits per heavy atom. The van der Waals surface area contributed by atoms with Gasteiger partial charge in [0.15, 0.2) is 0 Å². The maximum Gasteiger partial charge on any atom is 0.253 e. The van der Waals surface area contributed by atoms with E-state index in [9.17, 15) is 9.59 Å². The minimum atomic E-state index is -0.216. The van der Waals surface area contributed by atoms with Gasteiger partial charge >= 0.3 is 0 Å². The number of carbonyl (C=O) groups excluding carboxylic acids is 1. The zero-order valence-corrected chi connectivity index (χ0v) is 24.8. The number of aryl methyl sites for hydroxylation is 3. The second-order valence-corrected chi connectivity index (χ2v) is 10.6. The molecule has 8 heteroatoms.